The Bertz CT molecular complexity index is 658. The predicted octanol–water partition coefficient (Wildman–Crippen LogP) is 2.91. The average Bonchev–Trinajstić information content (AvgIpc) is 2.95. The topological polar surface area (TPSA) is 70.5 Å². The second-order valence-electron chi connectivity index (χ2n) is 4.84. The van der Waals surface area contributed by atoms with Crippen molar-refractivity contribution in [3.63, 3.8) is 0 Å². The molecule has 23 heavy (non-hydrogen) atoms. The van der Waals surface area contributed by atoms with Crippen molar-refractivity contribution in [1.29, 1.82) is 0 Å². The fourth-order valence-electron chi connectivity index (χ4n) is 2.03. The van der Waals surface area contributed by atoms with Crippen LogP contribution in [0.25, 0.3) is 0 Å². The summed E-state index contributed by atoms with van der Waals surface area (Å²) >= 11 is 3.14. The second-order valence-corrected chi connectivity index (χ2v) is 7.21. The van der Waals surface area contributed by atoms with Crippen molar-refractivity contribution in [2.75, 3.05) is 12.3 Å². The van der Waals surface area contributed by atoms with E-state index in [1.807, 2.05) is 42.6 Å². The van der Waals surface area contributed by atoms with E-state index in [4.69, 9.17) is 5.11 Å². The number of thioether (sulfide) groups is 1. The zero-order valence-electron chi connectivity index (χ0n) is 12.8. The summed E-state index contributed by atoms with van der Waals surface area (Å²) in [6, 6.07) is 9.37. The largest absolute Gasteiger partial charge is 0.480 e. The van der Waals surface area contributed by atoms with Crippen LogP contribution in [-0.2, 0) is 22.6 Å². The third-order valence-corrected chi connectivity index (χ3v) is 4.98. The van der Waals surface area contributed by atoms with Gasteiger partial charge in [0.15, 0.2) is 0 Å². The molecule has 1 amide bonds. The van der Waals surface area contributed by atoms with E-state index >= 15 is 0 Å². The van der Waals surface area contributed by atoms with Crippen LogP contribution < -0.4 is 0 Å². The molecule has 2 aromatic rings. The minimum Gasteiger partial charge on any atom is -0.480 e. The lowest BCUT2D eigenvalue weighted by Crippen LogP contribution is -2.36. The van der Waals surface area contributed by atoms with Crippen LogP contribution in [0, 0.1) is 0 Å². The van der Waals surface area contributed by atoms with E-state index in [2.05, 4.69) is 4.98 Å². The first-order valence-corrected chi connectivity index (χ1v) is 9.05. The molecule has 1 N–H and O–H groups in total. The monoisotopic (exact) mass is 350 g/mol. The highest BCUT2D eigenvalue weighted by molar-refractivity contribution is 8.00. The minimum absolute atomic E-state index is 0.126. The molecule has 2 rings (SSSR count). The molecule has 0 radical (unpaired) electrons. The van der Waals surface area contributed by atoms with Gasteiger partial charge in [0.2, 0.25) is 5.91 Å². The molecule has 7 heteroatoms. The van der Waals surface area contributed by atoms with Gasteiger partial charge in [-0.05, 0) is 11.3 Å². The Kier molecular flexibility index (Phi) is 6.61. The molecule has 0 aliphatic rings. The Morgan fingerprint density at radius 2 is 2.04 bits per heavy atom. The molecule has 0 saturated heterocycles. The normalized spacial score (nSPS) is 10.5. The number of amides is 1. The van der Waals surface area contributed by atoms with Gasteiger partial charge in [-0.25, -0.2) is 4.98 Å². The second kappa shape index (κ2) is 8.69. The summed E-state index contributed by atoms with van der Waals surface area (Å²) in [6.07, 6.45) is 0.126. The number of carboxylic acids is 1. The number of carbonyl (C=O) groups excluding carboxylic acids is 1. The molecular formula is C16H18N2O3S2. The lowest BCUT2D eigenvalue weighted by Gasteiger charge is -2.20. The summed E-state index contributed by atoms with van der Waals surface area (Å²) in [5.74, 6) is -0.315. The fourth-order valence-corrected chi connectivity index (χ4v) is 3.77. The van der Waals surface area contributed by atoms with E-state index in [1.54, 1.807) is 11.8 Å². The van der Waals surface area contributed by atoms with E-state index in [0.717, 1.165) is 15.7 Å². The molecule has 1 aromatic carbocycles. The SMILES string of the molecule is CCSc1nc(CC(=O)N(CC(=O)O)Cc2ccccc2)cs1. The van der Waals surface area contributed by atoms with E-state index in [1.165, 1.54) is 16.2 Å². The van der Waals surface area contributed by atoms with Crippen LogP contribution in [0.4, 0.5) is 0 Å². The number of aliphatic carboxylic acids is 1. The van der Waals surface area contributed by atoms with E-state index in [9.17, 15) is 9.59 Å². The molecule has 0 aliphatic heterocycles. The molecule has 1 heterocycles. The van der Waals surface area contributed by atoms with Gasteiger partial charge < -0.3 is 10.0 Å². The Balaban J connectivity index is 2.04. The molecule has 0 aliphatic carbocycles. The third kappa shape index (κ3) is 5.69. The zero-order valence-corrected chi connectivity index (χ0v) is 14.4. The van der Waals surface area contributed by atoms with Crippen molar-refractivity contribution < 1.29 is 14.7 Å². The summed E-state index contributed by atoms with van der Waals surface area (Å²) in [4.78, 5) is 29.2. The smallest absolute Gasteiger partial charge is 0.323 e. The van der Waals surface area contributed by atoms with Gasteiger partial charge >= 0.3 is 5.97 Å². The van der Waals surface area contributed by atoms with Gasteiger partial charge in [-0.2, -0.15) is 0 Å². The number of hydrogen-bond donors (Lipinski definition) is 1. The number of rotatable bonds is 8. The van der Waals surface area contributed by atoms with Crippen LogP contribution in [0.3, 0.4) is 0 Å². The van der Waals surface area contributed by atoms with E-state index < -0.39 is 5.97 Å². The number of thiazole rings is 1. The molecule has 0 spiro atoms. The minimum atomic E-state index is -1.02. The van der Waals surface area contributed by atoms with Gasteiger partial charge in [-0.15, -0.1) is 11.3 Å². The van der Waals surface area contributed by atoms with Crippen molar-refractivity contribution in [2.45, 2.75) is 24.2 Å². The quantitative estimate of drug-likeness (QED) is 0.741. The first kappa shape index (κ1) is 17.5. The maximum Gasteiger partial charge on any atom is 0.323 e. The summed E-state index contributed by atoms with van der Waals surface area (Å²) in [7, 11) is 0. The predicted molar refractivity (Wildman–Crippen MR) is 91.7 cm³/mol. The number of aromatic nitrogens is 1. The molecule has 0 atom stereocenters. The Hall–Kier alpha value is -1.86. The summed E-state index contributed by atoms with van der Waals surface area (Å²) in [5.41, 5.74) is 1.60. The number of benzene rings is 1. The lowest BCUT2D eigenvalue weighted by molar-refractivity contribution is -0.144. The van der Waals surface area contributed by atoms with Gasteiger partial charge in [-0.1, -0.05) is 49.0 Å². The maximum absolute atomic E-state index is 12.4. The van der Waals surface area contributed by atoms with Gasteiger partial charge in [-0.3, -0.25) is 9.59 Å². The first-order chi connectivity index (χ1) is 11.1. The van der Waals surface area contributed by atoms with Gasteiger partial charge in [0.1, 0.15) is 10.9 Å². The van der Waals surface area contributed by atoms with Gasteiger partial charge in [0.25, 0.3) is 0 Å². The molecule has 0 fully saturated rings. The molecule has 5 nitrogen and oxygen atoms in total. The van der Waals surface area contributed by atoms with Gasteiger partial charge in [0.05, 0.1) is 12.1 Å². The molecule has 122 valence electrons. The van der Waals surface area contributed by atoms with Crippen molar-refractivity contribution >= 4 is 35.0 Å². The highest BCUT2D eigenvalue weighted by Gasteiger charge is 2.18. The zero-order chi connectivity index (χ0) is 16.7. The van der Waals surface area contributed by atoms with Gasteiger partial charge in [0, 0.05) is 11.9 Å². The highest BCUT2D eigenvalue weighted by Crippen LogP contribution is 2.22. The standard InChI is InChI=1S/C16H18N2O3S2/c1-2-22-16-17-13(11-23-16)8-14(19)18(10-15(20)21)9-12-6-4-3-5-7-12/h3-7,11H,2,8-10H2,1H3,(H,20,21). The maximum atomic E-state index is 12.4. The van der Waals surface area contributed by atoms with Crippen LogP contribution >= 0.6 is 23.1 Å². The number of carbonyl (C=O) groups is 2. The van der Waals surface area contributed by atoms with Crippen LogP contribution in [0.2, 0.25) is 0 Å². The fraction of sp³-hybridized carbons (Fsp3) is 0.312. The molecule has 0 bridgehead atoms. The van der Waals surface area contributed by atoms with Crippen LogP contribution in [0.1, 0.15) is 18.2 Å². The van der Waals surface area contributed by atoms with Crippen molar-refractivity contribution in [3.8, 4) is 0 Å². The molecule has 1 aromatic heterocycles. The number of carboxylic acid groups (broad SMARTS) is 1. The molecule has 0 unspecified atom stereocenters. The summed E-state index contributed by atoms with van der Waals surface area (Å²) < 4.78 is 0.933. The summed E-state index contributed by atoms with van der Waals surface area (Å²) in [6.45, 7) is 2.02. The third-order valence-electron chi connectivity index (χ3n) is 3.03. The Morgan fingerprint density at radius 3 is 2.70 bits per heavy atom. The van der Waals surface area contributed by atoms with E-state index in [-0.39, 0.29) is 25.4 Å². The van der Waals surface area contributed by atoms with E-state index in [0.29, 0.717) is 5.69 Å². The van der Waals surface area contributed by atoms with Crippen molar-refractivity contribution in [2.24, 2.45) is 0 Å². The van der Waals surface area contributed by atoms with Crippen LogP contribution in [-0.4, -0.2) is 39.2 Å². The highest BCUT2D eigenvalue weighted by atomic mass is 32.2. The Morgan fingerprint density at radius 1 is 1.30 bits per heavy atom. The number of nitrogens with zero attached hydrogens (tertiary/aromatic N) is 2. The van der Waals surface area contributed by atoms with Crippen LogP contribution in [0.5, 0.6) is 0 Å². The Labute approximate surface area is 143 Å². The summed E-state index contributed by atoms with van der Waals surface area (Å²) in [5, 5.41) is 10.9. The lowest BCUT2D eigenvalue weighted by atomic mass is 10.2. The average molecular weight is 350 g/mol. The number of hydrogen-bond acceptors (Lipinski definition) is 5. The van der Waals surface area contributed by atoms with Crippen molar-refractivity contribution in [1.82, 2.24) is 9.88 Å². The molecular weight excluding hydrogens is 332 g/mol. The first-order valence-electron chi connectivity index (χ1n) is 7.19. The van der Waals surface area contributed by atoms with Crippen LogP contribution in [0.15, 0.2) is 40.1 Å². The molecule has 0 saturated carbocycles. The van der Waals surface area contributed by atoms with Crippen molar-refractivity contribution in [3.05, 3.63) is 47.0 Å².